The lowest BCUT2D eigenvalue weighted by Gasteiger charge is -1.98. The van der Waals surface area contributed by atoms with Crippen molar-refractivity contribution in [3.05, 3.63) is 11.3 Å². The Morgan fingerprint density at radius 2 is 2.33 bits per heavy atom. The van der Waals surface area contributed by atoms with Crippen molar-refractivity contribution in [2.45, 2.75) is 32.6 Å². The summed E-state index contributed by atoms with van der Waals surface area (Å²) in [5, 5.41) is 0. The molecule has 0 aliphatic heterocycles. The van der Waals surface area contributed by atoms with E-state index in [-0.39, 0.29) is 0 Å². The molecule has 0 aromatic rings. The lowest BCUT2D eigenvalue weighted by Crippen LogP contribution is -1.79. The van der Waals surface area contributed by atoms with Crippen LogP contribution in [-0.4, -0.2) is 6.21 Å². The number of hydrogen-bond donors (Lipinski definition) is 0. The molecule has 0 heterocycles. The summed E-state index contributed by atoms with van der Waals surface area (Å²) < 4.78 is 0. The Morgan fingerprint density at radius 1 is 1.56 bits per heavy atom. The maximum atomic E-state index is 9.52. The van der Waals surface area contributed by atoms with Crippen LogP contribution in [0.25, 0.3) is 0 Å². The fraction of sp³-hybridized carbons (Fsp3) is 0.714. The summed E-state index contributed by atoms with van der Waals surface area (Å²) in [7, 11) is 0. The Morgan fingerprint density at radius 3 is 2.89 bits per heavy atom. The van der Waals surface area contributed by atoms with E-state index >= 15 is 0 Å². The third-order valence-electron chi connectivity index (χ3n) is 1.15. The van der Waals surface area contributed by atoms with Gasteiger partial charge in [-0.2, -0.15) is 13.3 Å². The Balaban J connectivity index is 2.82. The van der Waals surface area contributed by atoms with Gasteiger partial charge in [0.2, 0.25) is 4.85 Å². The molecule has 0 aromatic carbocycles. The molecule has 9 heavy (non-hydrogen) atoms. The maximum absolute atomic E-state index is 9.52. The van der Waals surface area contributed by atoms with E-state index in [0.29, 0.717) is 0 Å². The van der Waals surface area contributed by atoms with Gasteiger partial charge in [0.15, 0.2) is 4.91 Å². The minimum Gasteiger partial charge on any atom is -0.332 e. The third kappa shape index (κ3) is 7.38. The van der Waals surface area contributed by atoms with Crippen molar-refractivity contribution in [2.75, 3.05) is 0 Å². The van der Waals surface area contributed by atoms with E-state index in [1.165, 1.54) is 12.6 Å². The molecule has 2 nitrogen and oxygen atoms in total. The molecule has 0 rings (SSSR count). The van der Waals surface area contributed by atoms with Gasteiger partial charge in [-0.25, -0.2) is 0 Å². The van der Waals surface area contributed by atoms with Gasteiger partial charge in [0, 0.05) is 6.42 Å². The molecular formula is C7H13NO. The van der Waals surface area contributed by atoms with E-state index in [1.54, 1.807) is 0 Å². The maximum Gasteiger partial charge on any atom is 0.338 e. The summed E-state index contributed by atoms with van der Waals surface area (Å²) in [4.78, 5) is 12.2. The van der Waals surface area contributed by atoms with Crippen molar-refractivity contribution >= 4 is 6.21 Å². The summed E-state index contributed by atoms with van der Waals surface area (Å²) in [6.07, 6.45) is 7.78. The Bertz CT molecular complexity index is 95.1. The van der Waals surface area contributed by atoms with Crippen molar-refractivity contribution in [3.63, 3.8) is 0 Å². The lowest BCUT2D eigenvalue weighted by atomic mass is 10.2. The van der Waals surface area contributed by atoms with Crippen LogP contribution in [0.2, 0.25) is 0 Å². The van der Waals surface area contributed by atoms with Crippen molar-refractivity contribution in [2.24, 2.45) is 0 Å². The van der Waals surface area contributed by atoms with Gasteiger partial charge in [-0.15, -0.1) is 0 Å². The standard InChI is InChI=1S/C7H13NO/c1-2-3-4-5-6-7-8-9/h2,7H,3-6H2,1H3. The molecule has 0 spiro atoms. The molecule has 0 atom stereocenters. The molecule has 0 bridgehead atoms. The molecule has 0 saturated heterocycles. The molecule has 0 saturated carbocycles. The number of hydrogen-bond acceptors (Lipinski definition) is 1. The second kappa shape index (κ2) is 7.38. The summed E-state index contributed by atoms with van der Waals surface area (Å²) in [6.45, 7) is 2.04. The fourth-order valence-electron chi connectivity index (χ4n) is 0.637. The normalized spacial score (nSPS) is 8.56. The van der Waals surface area contributed by atoms with Gasteiger partial charge >= 0.3 is 6.21 Å². The van der Waals surface area contributed by atoms with Crippen LogP contribution in [0.1, 0.15) is 32.6 Å². The average molecular weight is 127 g/mol. The van der Waals surface area contributed by atoms with Gasteiger partial charge < -0.3 is 6.42 Å². The third-order valence-corrected chi connectivity index (χ3v) is 1.15. The second-order valence-electron chi connectivity index (χ2n) is 1.98. The van der Waals surface area contributed by atoms with E-state index in [9.17, 15) is 4.91 Å². The van der Waals surface area contributed by atoms with Gasteiger partial charge in [0.05, 0.1) is 0 Å². The highest BCUT2D eigenvalue weighted by Gasteiger charge is 1.85. The minimum atomic E-state index is 0.831. The van der Waals surface area contributed by atoms with Crippen LogP contribution < -0.4 is 4.85 Å². The molecule has 0 fully saturated rings. The zero-order valence-electron chi connectivity index (χ0n) is 5.84. The first-order valence-electron chi connectivity index (χ1n) is 3.33. The lowest BCUT2D eigenvalue weighted by molar-refractivity contribution is 0.757. The van der Waals surface area contributed by atoms with Crippen LogP contribution in [-0.2, 0) is 0 Å². The predicted molar refractivity (Wildman–Crippen MR) is 40.0 cm³/mol. The van der Waals surface area contributed by atoms with Crippen molar-refractivity contribution in [1.82, 2.24) is 4.85 Å². The molecule has 0 N–H and O–H groups in total. The zero-order valence-corrected chi connectivity index (χ0v) is 5.84. The van der Waals surface area contributed by atoms with Gasteiger partial charge in [-0.05, 0) is 6.42 Å². The highest BCUT2D eigenvalue weighted by molar-refractivity contribution is 5.54. The monoisotopic (exact) mass is 127 g/mol. The molecule has 2 heteroatoms. The van der Waals surface area contributed by atoms with Gasteiger partial charge in [0.25, 0.3) is 0 Å². The number of nitrogens with zero attached hydrogens (tertiary/aromatic N) is 1. The molecule has 0 radical (unpaired) electrons. The van der Waals surface area contributed by atoms with Crippen LogP contribution >= 0.6 is 0 Å². The predicted octanol–water partition coefficient (Wildman–Crippen LogP) is 1.68. The SMILES string of the molecule is C[CH-]CCCCC=[N+]=O. The number of rotatable bonds is 5. The van der Waals surface area contributed by atoms with Crippen LogP contribution in [0.3, 0.4) is 0 Å². The first-order valence-corrected chi connectivity index (χ1v) is 3.33. The molecule has 0 aliphatic carbocycles. The fourth-order valence-corrected chi connectivity index (χ4v) is 0.637. The number of nitroso groups, excluding NO2 is 1. The van der Waals surface area contributed by atoms with Gasteiger partial charge in [-0.1, -0.05) is 6.42 Å². The Hall–Kier alpha value is -0.620. The highest BCUT2D eigenvalue weighted by atomic mass is 16.2. The van der Waals surface area contributed by atoms with E-state index in [1.807, 2.05) is 6.92 Å². The second-order valence-corrected chi connectivity index (χ2v) is 1.98. The van der Waals surface area contributed by atoms with Crippen LogP contribution in [0.15, 0.2) is 0 Å². The molecule has 52 valence electrons. The summed E-state index contributed by atoms with van der Waals surface area (Å²) in [5.74, 6) is 0. The van der Waals surface area contributed by atoms with E-state index in [2.05, 4.69) is 11.3 Å². The van der Waals surface area contributed by atoms with Crippen LogP contribution in [0, 0.1) is 11.3 Å². The first-order chi connectivity index (χ1) is 4.41. The Kier molecular flexibility index (Phi) is 6.87. The van der Waals surface area contributed by atoms with E-state index in [0.717, 1.165) is 19.3 Å². The Labute approximate surface area is 56.0 Å². The van der Waals surface area contributed by atoms with Crippen LogP contribution in [0.4, 0.5) is 0 Å². The summed E-state index contributed by atoms with van der Waals surface area (Å²) in [5.41, 5.74) is 0. The highest BCUT2D eigenvalue weighted by Crippen LogP contribution is 1.98. The van der Waals surface area contributed by atoms with Crippen molar-refractivity contribution in [1.29, 1.82) is 0 Å². The molecule has 0 amide bonds. The van der Waals surface area contributed by atoms with Crippen molar-refractivity contribution in [3.8, 4) is 0 Å². The summed E-state index contributed by atoms with van der Waals surface area (Å²) >= 11 is 0. The smallest absolute Gasteiger partial charge is 0.332 e. The quantitative estimate of drug-likeness (QED) is 0.239. The molecular weight excluding hydrogens is 114 g/mol. The molecule has 0 aliphatic rings. The first kappa shape index (κ1) is 8.38. The van der Waals surface area contributed by atoms with Gasteiger partial charge in [-0.3, -0.25) is 0 Å². The van der Waals surface area contributed by atoms with Gasteiger partial charge in [0.1, 0.15) is 0 Å². The molecule has 0 aromatic heterocycles. The van der Waals surface area contributed by atoms with Crippen LogP contribution in [0.5, 0.6) is 0 Å². The van der Waals surface area contributed by atoms with E-state index < -0.39 is 0 Å². The average Bonchev–Trinajstić information content (AvgIpc) is 1.89. The largest absolute Gasteiger partial charge is 0.338 e. The topological polar surface area (TPSA) is 31.2 Å². The number of unbranched alkanes of at least 4 members (excludes halogenated alkanes) is 4. The zero-order chi connectivity index (χ0) is 6.95. The van der Waals surface area contributed by atoms with Crippen molar-refractivity contribution < 1.29 is 0 Å². The molecule has 0 unspecified atom stereocenters. The van der Waals surface area contributed by atoms with E-state index in [4.69, 9.17) is 0 Å². The minimum absolute atomic E-state index is 0.831. The summed E-state index contributed by atoms with van der Waals surface area (Å²) in [6, 6.07) is 0.